The number of benzene rings is 2. The van der Waals surface area contributed by atoms with E-state index in [-0.39, 0.29) is 5.91 Å². The summed E-state index contributed by atoms with van der Waals surface area (Å²) in [5.74, 6) is 0.924. The third kappa shape index (κ3) is 5.06. The normalized spacial score (nSPS) is 11.2. The van der Waals surface area contributed by atoms with Crippen molar-refractivity contribution >= 4 is 44.4 Å². The Morgan fingerprint density at radius 2 is 1.85 bits per heavy atom. The number of thiazole rings is 1. The molecule has 1 aromatic heterocycles. The van der Waals surface area contributed by atoms with Crippen LogP contribution in [-0.2, 0) is 4.79 Å². The summed E-state index contributed by atoms with van der Waals surface area (Å²) in [5.41, 5.74) is 0.959. The van der Waals surface area contributed by atoms with Crippen molar-refractivity contribution in [2.75, 3.05) is 37.8 Å². The standard InChI is InChI=1S/C20H23N3OS2/c1-22(2)13-14-23(20-21-17-10-6-7-11-18(17)26-20)19(24)12-15-25-16-8-4-3-5-9-16/h3-11H,12-15H2,1-2H3/p+1. The molecule has 26 heavy (non-hydrogen) atoms. The number of carbonyl (C=O) groups is 1. The molecule has 3 rings (SSSR count). The Bertz CT molecular complexity index is 815. The van der Waals surface area contributed by atoms with Gasteiger partial charge in [-0.1, -0.05) is 41.7 Å². The van der Waals surface area contributed by atoms with Crippen molar-refractivity contribution in [3.05, 3.63) is 54.6 Å². The highest BCUT2D eigenvalue weighted by Gasteiger charge is 2.20. The number of anilines is 1. The molecular formula is C20H24N3OS2+. The number of para-hydroxylation sites is 1. The first-order chi connectivity index (χ1) is 12.6. The van der Waals surface area contributed by atoms with E-state index in [4.69, 9.17) is 0 Å². The maximum Gasteiger partial charge on any atom is 0.229 e. The van der Waals surface area contributed by atoms with Gasteiger partial charge in [-0.3, -0.25) is 9.69 Å². The highest BCUT2D eigenvalue weighted by molar-refractivity contribution is 7.99. The van der Waals surface area contributed by atoms with Crippen molar-refractivity contribution in [3.63, 3.8) is 0 Å². The van der Waals surface area contributed by atoms with Gasteiger partial charge in [0, 0.05) is 17.1 Å². The van der Waals surface area contributed by atoms with E-state index in [0.717, 1.165) is 27.6 Å². The van der Waals surface area contributed by atoms with Gasteiger partial charge in [-0.25, -0.2) is 4.98 Å². The van der Waals surface area contributed by atoms with Crippen molar-refractivity contribution < 1.29 is 9.69 Å². The number of carbonyl (C=O) groups excluding carboxylic acids is 1. The van der Waals surface area contributed by atoms with Gasteiger partial charge >= 0.3 is 0 Å². The molecular weight excluding hydrogens is 362 g/mol. The third-order valence-corrected chi connectivity index (χ3v) is 6.05. The number of nitrogens with zero attached hydrogens (tertiary/aromatic N) is 2. The monoisotopic (exact) mass is 386 g/mol. The van der Waals surface area contributed by atoms with Crippen LogP contribution in [-0.4, -0.2) is 43.8 Å². The number of quaternary nitrogens is 1. The first-order valence-corrected chi connectivity index (χ1v) is 10.6. The van der Waals surface area contributed by atoms with E-state index in [2.05, 4.69) is 37.3 Å². The van der Waals surface area contributed by atoms with Gasteiger partial charge < -0.3 is 4.90 Å². The van der Waals surface area contributed by atoms with Crippen LogP contribution in [0.5, 0.6) is 0 Å². The van der Waals surface area contributed by atoms with E-state index >= 15 is 0 Å². The second-order valence-corrected chi connectivity index (χ2v) is 8.56. The molecule has 0 aliphatic carbocycles. The summed E-state index contributed by atoms with van der Waals surface area (Å²) in [6, 6.07) is 18.3. The fraction of sp³-hybridized carbons (Fsp3) is 0.300. The summed E-state index contributed by atoms with van der Waals surface area (Å²) in [7, 11) is 4.21. The minimum atomic E-state index is 0.147. The summed E-state index contributed by atoms with van der Waals surface area (Å²) < 4.78 is 1.12. The van der Waals surface area contributed by atoms with Crippen LogP contribution < -0.4 is 9.80 Å². The topological polar surface area (TPSA) is 37.6 Å². The molecule has 6 heteroatoms. The Morgan fingerprint density at radius 1 is 1.12 bits per heavy atom. The number of amides is 1. The lowest BCUT2D eigenvalue weighted by Gasteiger charge is -2.20. The van der Waals surface area contributed by atoms with Gasteiger partial charge in [0.15, 0.2) is 5.13 Å². The molecule has 136 valence electrons. The molecule has 0 atom stereocenters. The van der Waals surface area contributed by atoms with E-state index in [1.54, 1.807) is 23.1 Å². The molecule has 3 aromatic rings. The fourth-order valence-corrected chi connectivity index (χ4v) is 4.42. The van der Waals surface area contributed by atoms with Crippen molar-refractivity contribution in [1.82, 2.24) is 4.98 Å². The Labute approximate surface area is 162 Å². The minimum absolute atomic E-state index is 0.147. The number of rotatable bonds is 8. The highest BCUT2D eigenvalue weighted by atomic mass is 32.2. The number of aromatic nitrogens is 1. The molecule has 0 aliphatic heterocycles. The number of thioether (sulfide) groups is 1. The molecule has 0 spiro atoms. The Morgan fingerprint density at radius 3 is 2.58 bits per heavy atom. The van der Waals surface area contributed by atoms with Crippen LogP contribution in [0.25, 0.3) is 10.2 Å². The van der Waals surface area contributed by atoms with Crippen molar-refractivity contribution in [1.29, 1.82) is 0 Å². The maximum absolute atomic E-state index is 12.9. The van der Waals surface area contributed by atoms with Crippen molar-refractivity contribution in [3.8, 4) is 0 Å². The molecule has 0 radical (unpaired) electrons. The second kappa shape index (κ2) is 9.16. The van der Waals surface area contributed by atoms with Crippen LogP contribution in [0.3, 0.4) is 0 Å². The van der Waals surface area contributed by atoms with E-state index in [1.165, 1.54) is 9.80 Å². The van der Waals surface area contributed by atoms with Crippen molar-refractivity contribution in [2.24, 2.45) is 0 Å². The fourth-order valence-electron chi connectivity index (χ4n) is 2.55. The van der Waals surface area contributed by atoms with Gasteiger partial charge in [0.05, 0.1) is 37.4 Å². The Balaban J connectivity index is 1.69. The molecule has 1 N–H and O–H groups in total. The second-order valence-electron chi connectivity index (χ2n) is 6.38. The zero-order valence-electron chi connectivity index (χ0n) is 15.1. The first-order valence-electron chi connectivity index (χ1n) is 8.76. The molecule has 2 aromatic carbocycles. The lowest BCUT2D eigenvalue weighted by Crippen LogP contribution is -3.06. The average molecular weight is 387 g/mol. The number of likely N-dealkylation sites (N-methyl/N-ethyl adjacent to an activating group) is 1. The molecule has 0 unspecified atom stereocenters. The van der Waals surface area contributed by atoms with Crippen molar-refractivity contribution in [2.45, 2.75) is 11.3 Å². The van der Waals surface area contributed by atoms with Gasteiger partial charge in [0.25, 0.3) is 0 Å². The van der Waals surface area contributed by atoms with Crippen LogP contribution >= 0.6 is 23.1 Å². The van der Waals surface area contributed by atoms with E-state index in [1.807, 2.05) is 41.3 Å². The minimum Gasteiger partial charge on any atom is -0.338 e. The van der Waals surface area contributed by atoms with Crippen LogP contribution in [0.1, 0.15) is 6.42 Å². The zero-order chi connectivity index (χ0) is 18.4. The SMILES string of the molecule is C[NH+](C)CCN(C(=O)CCSc1ccccc1)c1nc2ccccc2s1. The quantitative estimate of drug-likeness (QED) is 0.605. The molecule has 0 aliphatic rings. The summed E-state index contributed by atoms with van der Waals surface area (Å²) >= 11 is 3.31. The number of nitrogens with one attached hydrogen (secondary N) is 1. The van der Waals surface area contributed by atoms with E-state index in [0.29, 0.717) is 13.0 Å². The highest BCUT2D eigenvalue weighted by Crippen LogP contribution is 2.29. The van der Waals surface area contributed by atoms with E-state index in [9.17, 15) is 4.79 Å². The Kier molecular flexibility index (Phi) is 6.66. The predicted molar refractivity (Wildman–Crippen MR) is 111 cm³/mol. The van der Waals surface area contributed by atoms with Gasteiger partial charge in [0.2, 0.25) is 5.91 Å². The van der Waals surface area contributed by atoms with Crippen LogP contribution in [0.15, 0.2) is 59.5 Å². The average Bonchev–Trinajstić information content (AvgIpc) is 3.06. The molecule has 0 saturated carbocycles. The largest absolute Gasteiger partial charge is 0.338 e. The summed E-state index contributed by atoms with van der Waals surface area (Å²) in [6.45, 7) is 1.59. The Hall–Kier alpha value is -1.89. The number of fused-ring (bicyclic) bond motifs is 1. The summed E-state index contributed by atoms with van der Waals surface area (Å²) in [5, 5.41) is 0.808. The molecule has 0 bridgehead atoms. The third-order valence-electron chi connectivity index (χ3n) is 3.98. The lowest BCUT2D eigenvalue weighted by atomic mass is 10.3. The molecule has 4 nitrogen and oxygen atoms in total. The number of hydrogen-bond acceptors (Lipinski definition) is 4. The molecule has 0 saturated heterocycles. The number of hydrogen-bond donors (Lipinski definition) is 1. The summed E-state index contributed by atoms with van der Waals surface area (Å²) in [4.78, 5) is 22.0. The lowest BCUT2D eigenvalue weighted by molar-refractivity contribution is -0.856. The maximum atomic E-state index is 12.9. The summed E-state index contributed by atoms with van der Waals surface area (Å²) in [6.07, 6.45) is 0.512. The van der Waals surface area contributed by atoms with Crippen LogP contribution in [0.2, 0.25) is 0 Å². The van der Waals surface area contributed by atoms with Gasteiger partial charge in [-0.2, -0.15) is 0 Å². The van der Waals surface area contributed by atoms with Gasteiger partial charge in [0.1, 0.15) is 0 Å². The van der Waals surface area contributed by atoms with Crippen LogP contribution in [0, 0.1) is 0 Å². The zero-order valence-corrected chi connectivity index (χ0v) is 16.8. The molecule has 1 amide bonds. The smallest absolute Gasteiger partial charge is 0.229 e. The first kappa shape index (κ1) is 18.9. The molecule has 1 heterocycles. The molecule has 0 fully saturated rings. The van der Waals surface area contributed by atoms with Gasteiger partial charge in [-0.15, -0.1) is 11.8 Å². The predicted octanol–water partition coefficient (Wildman–Crippen LogP) is 2.96. The van der Waals surface area contributed by atoms with Gasteiger partial charge in [-0.05, 0) is 24.3 Å². The van der Waals surface area contributed by atoms with E-state index < -0.39 is 0 Å². The van der Waals surface area contributed by atoms with Crippen LogP contribution in [0.4, 0.5) is 5.13 Å².